The molecular formula is C12H24N2O2. The summed E-state index contributed by atoms with van der Waals surface area (Å²) in [7, 11) is 1.67. The molecule has 1 aliphatic rings. The van der Waals surface area contributed by atoms with E-state index in [-0.39, 0.29) is 17.5 Å². The second kappa shape index (κ2) is 6.21. The van der Waals surface area contributed by atoms with E-state index in [9.17, 15) is 4.79 Å². The zero-order valence-electron chi connectivity index (χ0n) is 10.6. The van der Waals surface area contributed by atoms with Gasteiger partial charge in [-0.1, -0.05) is 13.3 Å². The molecule has 4 nitrogen and oxygen atoms in total. The van der Waals surface area contributed by atoms with Crippen molar-refractivity contribution in [1.82, 2.24) is 10.6 Å². The first-order chi connectivity index (χ1) is 7.62. The molecule has 0 aliphatic carbocycles. The number of amides is 1. The molecule has 1 fully saturated rings. The standard InChI is InChI=1S/C12H24N2O2/c1-4-6-10(9-16-3)14-11(15)12(2)7-5-8-13-12/h10,13H,4-9H2,1-3H3,(H,14,15). The maximum atomic E-state index is 12.1. The molecule has 1 heterocycles. The Morgan fingerprint density at radius 2 is 2.38 bits per heavy atom. The molecule has 0 spiro atoms. The summed E-state index contributed by atoms with van der Waals surface area (Å²) < 4.78 is 5.12. The van der Waals surface area contributed by atoms with Crippen LogP contribution in [0.25, 0.3) is 0 Å². The first-order valence-electron chi connectivity index (χ1n) is 6.17. The van der Waals surface area contributed by atoms with Gasteiger partial charge >= 0.3 is 0 Å². The Kier molecular flexibility index (Phi) is 5.22. The molecule has 0 saturated carbocycles. The molecule has 0 aromatic heterocycles. The lowest BCUT2D eigenvalue weighted by atomic mass is 9.98. The number of hydrogen-bond acceptors (Lipinski definition) is 3. The smallest absolute Gasteiger partial charge is 0.240 e. The molecule has 1 amide bonds. The first-order valence-corrected chi connectivity index (χ1v) is 6.17. The van der Waals surface area contributed by atoms with Gasteiger partial charge in [-0.2, -0.15) is 0 Å². The second-order valence-electron chi connectivity index (χ2n) is 4.78. The quantitative estimate of drug-likeness (QED) is 0.714. The van der Waals surface area contributed by atoms with Crippen LogP contribution in [0.2, 0.25) is 0 Å². The number of carbonyl (C=O) groups is 1. The zero-order chi connectivity index (χ0) is 12.0. The van der Waals surface area contributed by atoms with Gasteiger partial charge in [-0.3, -0.25) is 4.79 Å². The lowest BCUT2D eigenvalue weighted by Gasteiger charge is -2.26. The summed E-state index contributed by atoms with van der Waals surface area (Å²) >= 11 is 0. The first kappa shape index (κ1) is 13.5. The highest BCUT2D eigenvalue weighted by Gasteiger charge is 2.36. The number of ether oxygens (including phenoxy) is 1. The van der Waals surface area contributed by atoms with Crippen molar-refractivity contribution in [3.63, 3.8) is 0 Å². The fourth-order valence-electron chi connectivity index (χ4n) is 2.18. The van der Waals surface area contributed by atoms with Gasteiger partial charge in [0, 0.05) is 7.11 Å². The Labute approximate surface area is 98.1 Å². The van der Waals surface area contributed by atoms with Crippen molar-refractivity contribution in [3.05, 3.63) is 0 Å². The summed E-state index contributed by atoms with van der Waals surface area (Å²) in [6.45, 7) is 5.62. The van der Waals surface area contributed by atoms with Crippen LogP contribution in [0.4, 0.5) is 0 Å². The van der Waals surface area contributed by atoms with Crippen LogP contribution in [0, 0.1) is 0 Å². The highest BCUT2D eigenvalue weighted by atomic mass is 16.5. The van der Waals surface area contributed by atoms with Crippen molar-refractivity contribution in [1.29, 1.82) is 0 Å². The van der Waals surface area contributed by atoms with Crippen LogP contribution < -0.4 is 10.6 Å². The minimum atomic E-state index is -0.375. The molecular weight excluding hydrogens is 204 g/mol. The average Bonchev–Trinajstić information content (AvgIpc) is 2.67. The largest absolute Gasteiger partial charge is 0.383 e. The molecule has 0 bridgehead atoms. The third-order valence-corrected chi connectivity index (χ3v) is 3.21. The van der Waals surface area contributed by atoms with E-state index in [1.54, 1.807) is 7.11 Å². The van der Waals surface area contributed by atoms with Gasteiger partial charge in [-0.15, -0.1) is 0 Å². The van der Waals surface area contributed by atoms with Crippen LogP contribution in [-0.2, 0) is 9.53 Å². The van der Waals surface area contributed by atoms with Crippen LogP contribution >= 0.6 is 0 Å². The molecule has 1 saturated heterocycles. The van der Waals surface area contributed by atoms with Gasteiger partial charge in [0.25, 0.3) is 0 Å². The molecule has 1 aliphatic heterocycles. The molecule has 0 aromatic rings. The van der Waals surface area contributed by atoms with Gasteiger partial charge < -0.3 is 15.4 Å². The summed E-state index contributed by atoms with van der Waals surface area (Å²) in [6.07, 6.45) is 4.02. The van der Waals surface area contributed by atoms with Crippen molar-refractivity contribution in [2.24, 2.45) is 0 Å². The number of carbonyl (C=O) groups excluding carboxylic acids is 1. The van der Waals surface area contributed by atoms with Crippen LogP contribution in [0.5, 0.6) is 0 Å². The van der Waals surface area contributed by atoms with E-state index in [4.69, 9.17) is 4.74 Å². The van der Waals surface area contributed by atoms with E-state index in [0.717, 1.165) is 32.2 Å². The molecule has 0 aromatic carbocycles. The summed E-state index contributed by atoms with van der Waals surface area (Å²) in [5.74, 6) is 0.112. The summed E-state index contributed by atoms with van der Waals surface area (Å²) in [6, 6.07) is 0.140. The molecule has 94 valence electrons. The Morgan fingerprint density at radius 1 is 1.62 bits per heavy atom. The summed E-state index contributed by atoms with van der Waals surface area (Å²) in [5, 5.41) is 6.34. The predicted octanol–water partition coefficient (Wildman–Crippen LogP) is 1.06. The third kappa shape index (κ3) is 3.46. The minimum Gasteiger partial charge on any atom is -0.383 e. The van der Waals surface area contributed by atoms with Crippen LogP contribution in [0.15, 0.2) is 0 Å². The number of nitrogens with one attached hydrogen (secondary N) is 2. The van der Waals surface area contributed by atoms with E-state index in [0.29, 0.717) is 6.61 Å². The molecule has 16 heavy (non-hydrogen) atoms. The Morgan fingerprint density at radius 3 is 2.88 bits per heavy atom. The van der Waals surface area contributed by atoms with Crippen molar-refractivity contribution in [2.45, 2.75) is 51.1 Å². The van der Waals surface area contributed by atoms with E-state index in [2.05, 4.69) is 17.6 Å². The van der Waals surface area contributed by atoms with Gasteiger partial charge in [-0.25, -0.2) is 0 Å². The van der Waals surface area contributed by atoms with Crippen molar-refractivity contribution in [2.75, 3.05) is 20.3 Å². The highest BCUT2D eigenvalue weighted by molar-refractivity contribution is 5.86. The van der Waals surface area contributed by atoms with Crippen molar-refractivity contribution < 1.29 is 9.53 Å². The Balaban J connectivity index is 2.46. The van der Waals surface area contributed by atoms with Gasteiger partial charge in [0.1, 0.15) is 0 Å². The SMILES string of the molecule is CCCC(COC)NC(=O)C1(C)CCCN1. The molecule has 2 unspecified atom stereocenters. The molecule has 2 atom stereocenters. The molecule has 1 rings (SSSR count). The van der Waals surface area contributed by atoms with Crippen LogP contribution in [-0.4, -0.2) is 37.7 Å². The Bertz CT molecular complexity index is 219. The lowest BCUT2D eigenvalue weighted by Crippen LogP contribution is -2.54. The van der Waals surface area contributed by atoms with Crippen LogP contribution in [0.1, 0.15) is 39.5 Å². The maximum Gasteiger partial charge on any atom is 0.240 e. The fraction of sp³-hybridized carbons (Fsp3) is 0.917. The van der Waals surface area contributed by atoms with E-state index < -0.39 is 0 Å². The van der Waals surface area contributed by atoms with Crippen molar-refractivity contribution >= 4 is 5.91 Å². The second-order valence-corrected chi connectivity index (χ2v) is 4.78. The normalized spacial score (nSPS) is 26.7. The van der Waals surface area contributed by atoms with E-state index in [1.807, 2.05) is 6.92 Å². The van der Waals surface area contributed by atoms with E-state index in [1.165, 1.54) is 0 Å². The van der Waals surface area contributed by atoms with Gasteiger partial charge in [0.05, 0.1) is 18.2 Å². The van der Waals surface area contributed by atoms with Crippen LogP contribution in [0.3, 0.4) is 0 Å². The fourth-order valence-corrected chi connectivity index (χ4v) is 2.18. The maximum absolute atomic E-state index is 12.1. The number of rotatable bonds is 6. The predicted molar refractivity (Wildman–Crippen MR) is 64.4 cm³/mol. The highest BCUT2D eigenvalue weighted by Crippen LogP contribution is 2.18. The number of methoxy groups -OCH3 is 1. The lowest BCUT2D eigenvalue weighted by molar-refractivity contribution is -0.127. The molecule has 0 radical (unpaired) electrons. The summed E-state index contributed by atoms with van der Waals surface area (Å²) in [4.78, 5) is 12.1. The average molecular weight is 228 g/mol. The van der Waals surface area contributed by atoms with Gasteiger partial charge in [0.2, 0.25) is 5.91 Å². The number of hydrogen-bond donors (Lipinski definition) is 2. The molecule has 2 N–H and O–H groups in total. The molecule has 4 heteroatoms. The van der Waals surface area contributed by atoms with Gasteiger partial charge in [0.15, 0.2) is 0 Å². The third-order valence-electron chi connectivity index (χ3n) is 3.21. The van der Waals surface area contributed by atoms with E-state index >= 15 is 0 Å². The minimum absolute atomic E-state index is 0.112. The monoisotopic (exact) mass is 228 g/mol. The topological polar surface area (TPSA) is 50.4 Å². The Hall–Kier alpha value is -0.610. The zero-order valence-corrected chi connectivity index (χ0v) is 10.6. The van der Waals surface area contributed by atoms with Crippen molar-refractivity contribution in [3.8, 4) is 0 Å². The van der Waals surface area contributed by atoms with Gasteiger partial charge in [-0.05, 0) is 32.7 Å². The summed E-state index contributed by atoms with van der Waals surface area (Å²) in [5.41, 5.74) is -0.375.